The summed E-state index contributed by atoms with van der Waals surface area (Å²) in [5.41, 5.74) is 4.37. The van der Waals surface area contributed by atoms with E-state index in [1.165, 1.54) is 0 Å². The Balaban J connectivity index is 1.35. The standard InChI is InChI=1S/C31H34O5/c1-23-17-27-29(33-18-23)31(35-21-26-15-9-4-10-16-26)30(34-20-25-13-7-3-8-14-25)28(36-27)22-32-19-24-11-5-2-6-12-24/h2-16,27-31H,1,17-22H2/t27-,28+,29+,30+,31+/m0/s1. The van der Waals surface area contributed by atoms with Crippen molar-refractivity contribution in [1.82, 2.24) is 0 Å². The topological polar surface area (TPSA) is 46.2 Å². The van der Waals surface area contributed by atoms with Crippen LogP contribution in [0.5, 0.6) is 0 Å². The number of hydrogen-bond donors (Lipinski definition) is 0. The summed E-state index contributed by atoms with van der Waals surface area (Å²) in [4.78, 5) is 0. The van der Waals surface area contributed by atoms with Crippen molar-refractivity contribution in [3.05, 3.63) is 120 Å². The van der Waals surface area contributed by atoms with Crippen molar-refractivity contribution >= 4 is 0 Å². The van der Waals surface area contributed by atoms with Crippen LogP contribution >= 0.6 is 0 Å². The van der Waals surface area contributed by atoms with E-state index < -0.39 is 0 Å². The summed E-state index contributed by atoms with van der Waals surface area (Å²) in [5, 5.41) is 0. The molecule has 0 saturated carbocycles. The van der Waals surface area contributed by atoms with Crippen molar-refractivity contribution in [2.24, 2.45) is 0 Å². The first kappa shape index (κ1) is 24.9. The first-order valence-electron chi connectivity index (χ1n) is 12.6. The minimum atomic E-state index is -0.350. The van der Waals surface area contributed by atoms with Crippen molar-refractivity contribution in [2.75, 3.05) is 13.2 Å². The molecule has 3 aromatic carbocycles. The lowest BCUT2D eigenvalue weighted by atomic mass is 9.89. The molecule has 0 aliphatic carbocycles. The second-order valence-corrected chi connectivity index (χ2v) is 9.47. The molecule has 0 radical (unpaired) electrons. The Hall–Kier alpha value is -2.80. The minimum absolute atomic E-state index is 0.145. The summed E-state index contributed by atoms with van der Waals surface area (Å²) in [6.45, 7) is 6.49. The van der Waals surface area contributed by atoms with Gasteiger partial charge in [0, 0.05) is 0 Å². The van der Waals surface area contributed by atoms with Gasteiger partial charge in [0.25, 0.3) is 0 Å². The van der Waals surface area contributed by atoms with E-state index in [4.69, 9.17) is 23.7 Å². The summed E-state index contributed by atoms with van der Waals surface area (Å²) >= 11 is 0. The Morgan fingerprint density at radius 3 is 1.81 bits per heavy atom. The maximum Gasteiger partial charge on any atom is 0.115 e. The lowest BCUT2D eigenvalue weighted by molar-refractivity contribution is -0.275. The fraction of sp³-hybridized carbons (Fsp3) is 0.355. The largest absolute Gasteiger partial charge is 0.374 e. The molecule has 0 unspecified atom stereocenters. The van der Waals surface area contributed by atoms with Crippen LogP contribution in [-0.2, 0) is 43.5 Å². The Morgan fingerprint density at radius 1 is 0.694 bits per heavy atom. The molecule has 5 heteroatoms. The second kappa shape index (κ2) is 12.4. The van der Waals surface area contributed by atoms with E-state index in [-0.39, 0.29) is 30.5 Å². The summed E-state index contributed by atoms with van der Waals surface area (Å²) in [6, 6.07) is 30.5. The van der Waals surface area contributed by atoms with Gasteiger partial charge >= 0.3 is 0 Å². The average molecular weight is 487 g/mol. The molecule has 188 valence electrons. The minimum Gasteiger partial charge on any atom is -0.374 e. The number of benzene rings is 3. The van der Waals surface area contributed by atoms with Crippen LogP contribution in [-0.4, -0.2) is 43.7 Å². The second-order valence-electron chi connectivity index (χ2n) is 9.47. The highest BCUT2D eigenvalue weighted by Crippen LogP contribution is 2.35. The van der Waals surface area contributed by atoms with Gasteiger partial charge < -0.3 is 23.7 Å². The zero-order chi connectivity index (χ0) is 24.6. The van der Waals surface area contributed by atoms with E-state index in [1.807, 2.05) is 54.6 Å². The van der Waals surface area contributed by atoms with Crippen molar-refractivity contribution in [2.45, 2.75) is 56.8 Å². The van der Waals surface area contributed by atoms with E-state index in [1.54, 1.807) is 0 Å². The van der Waals surface area contributed by atoms with E-state index in [2.05, 4.69) is 43.0 Å². The molecule has 0 spiro atoms. The number of hydrogen-bond acceptors (Lipinski definition) is 5. The molecule has 0 amide bonds. The van der Waals surface area contributed by atoms with Crippen LogP contribution in [0, 0.1) is 0 Å². The molecule has 5 nitrogen and oxygen atoms in total. The van der Waals surface area contributed by atoms with Crippen molar-refractivity contribution in [3.8, 4) is 0 Å². The van der Waals surface area contributed by atoms with E-state index in [9.17, 15) is 0 Å². The molecule has 2 fully saturated rings. The van der Waals surface area contributed by atoms with Gasteiger partial charge in [0.05, 0.1) is 39.1 Å². The smallest absolute Gasteiger partial charge is 0.115 e. The van der Waals surface area contributed by atoms with Gasteiger partial charge in [-0.2, -0.15) is 0 Å². The predicted molar refractivity (Wildman–Crippen MR) is 138 cm³/mol. The summed E-state index contributed by atoms with van der Waals surface area (Å²) < 4.78 is 32.0. The third kappa shape index (κ3) is 6.49. The van der Waals surface area contributed by atoms with Crippen LogP contribution in [0.25, 0.3) is 0 Å². The molecule has 2 saturated heterocycles. The van der Waals surface area contributed by atoms with Gasteiger partial charge in [-0.3, -0.25) is 0 Å². The maximum atomic E-state index is 6.57. The average Bonchev–Trinajstić information content (AvgIpc) is 2.92. The highest BCUT2D eigenvalue weighted by molar-refractivity contribution is 5.16. The van der Waals surface area contributed by atoms with Crippen LogP contribution in [0.2, 0.25) is 0 Å². The van der Waals surface area contributed by atoms with Gasteiger partial charge in [0.2, 0.25) is 0 Å². The normalized spacial score (nSPS) is 25.9. The van der Waals surface area contributed by atoms with Crippen LogP contribution in [0.4, 0.5) is 0 Å². The molecule has 36 heavy (non-hydrogen) atoms. The van der Waals surface area contributed by atoms with Crippen LogP contribution in [0.1, 0.15) is 23.1 Å². The maximum absolute atomic E-state index is 6.57. The first-order chi connectivity index (χ1) is 17.8. The molecular weight excluding hydrogens is 452 g/mol. The third-order valence-electron chi connectivity index (χ3n) is 6.66. The number of rotatable bonds is 10. The van der Waals surface area contributed by atoms with Gasteiger partial charge in [-0.05, 0) is 28.7 Å². The number of fused-ring (bicyclic) bond motifs is 1. The SMILES string of the molecule is C=C1CO[C@H]2[C@@H](OCc3ccccc3)[C@H](OCc3ccccc3)[C@@H](COCc3ccccc3)O[C@H]2C1. The summed E-state index contributed by atoms with van der Waals surface area (Å²) in [6.07, 6.45) is -0.576. The van der Waals surface area contributed by atoms with Crippen molar-refractivity contribution < 1.29 is 23.7 Å². The Kier molecular flexibility index (Phi) is 8.59. The summed E-state index contributed by atoms with van der Waals surface area (Å²) in [5.74, 6) is 0. The fourth-order valence-electron chi connectivity index (χ4n) is 4.84. The highest BCUT2D eigenvalue weighted by atomic mass is 16.6. The molecule has 2 aliphatic rings. The Morgan fingerprint density at radius 2 is 1.22 bits per heavy atom. The van der Waals surface area contributed by atoms with E-state index in [0.717, 1.165) is 28.7 Å². The first-order valence-corrected chi connectivity index (χ1v) is 12.6. The molecule has 3 aromatic rings. The van der Waals surface area contributed by atoms with E-state index >= 15 is 0 Å². The van der Waals surface area contributed by atoms with Gasteiger partial charge in [-0.15, -0.1) is 0 Å². The van der Waals surface area contributed by atoms with Crippen LogP contribution in [0.15, 0.2) is 103 Å². The summed E-state index contributed by atoms with van der Waals surface area (Å²) in [7, 11) is 0. The molecule has 0 aromatic heterocycles. The van der Waals surface area contributed by atoms with Crippen LogP contribution in [0.3, 0.4) is 0 Å². The van der Waals surface area contributed by atoms with Gasteiger partial charge in [0.1, 0.15) is 24.4 Å². The van der Waals surface area contributed by atoms with Gasteiger partial charge in [-0.25, -0.2) is 0 Å². The van der Waals surface area contributed by atoms with Gasteiger partial charge in [0.15, 0.2) is 0 Å². The Labute approximate surface area is 213 Å². The highest BCUT2D eigenvalue weighted by Gasteiger charge is 2.49. The zero-order valence-corrected chi connectivity index (χ0v) is 20.5. The van der Waals surface area contributed by atoms with Crippen LogP contribution < -0.4 is 0 Å². The lowest BCUT2D eigenvalue weighted by Crippen LogP contribution is -2.62. The quantitative estimate of drug-likeness (QED) is 0.355. The molecular formula is C31H34O5. The Bertz CT molecular complexity index is 1070. The fourth-order valence-corrected chi connectivity index (χ4v) is 4.84. The lowest BCUT2D eigenvalue weighted by Gasteiger charge is -2.48. The molecule has 5 rings (SSSR count). The molecule has 2 aliphatic heterocycles. The van der Waals surface area contributed by atoms with E-state index in [0.29, 0.717) is 33.0 Å². The monoisotopic (exact) mass is 486 g/mol. The van der Waals surface area contributed by atoms with Gasteiger partial charge in [-0.1, -0.05) is 97.6 Å². The van der Waals surface area contributed by atoms with Crippen molar-refractivity contribution in [1.29, 1.82) is 0 Å². The molecule has 0 bridgehead atoms. The zero-order valence-electron chi connectivity index (χ0n) is 20.5. The number of ether oxygens (including phenoxy) is 5. The molecule has 2 heterocycles. The third-order valence-corrected chi connectivity index (χ3v) is 6.66. The van der Waals surface area contributed by atoms with Crippen molar-refractivity contribution in [3.63, 3.8) is 0 Å². The predicted octanol–water partition coefficient (Wildman–Crippen LogP) is 5.49. The molecule has 5 atom stereocenters. The molecule has 0 N–H and O–H groups in total.